The zero-order valence-electron chi connectivity index (χ0n) is 14.1. The summed E-state index contributed by atoms with van der Waals surface area (Å²) in [4.78, 5) is 0. The highest BCUT2D eigenvalue weighted by Crippen LogP contribution is 2.38. The fourth-order valence-electron chi connectivity index (χ4n) is 3.80. The summed E-state index contributed by atoms with van der Waals surface area (Å²) in [6, 6.07) is 7.16. The SMILES string of the molecule is CCNC(c1ccc(OC)c(C)c1)C1CCC(CC)CC1. The fraction of sp³-hybridized carbons (Fsp3) is 0.684. The van der Waals surface area contributed by atoms with Gasteiger partial charge in [-0.15, -0.1) is 0 Å². The molecule has 2 rings (SSSR count). The normalized spacial score (nSPS) is 23.8. The van der Waals surface area contributed by atoms with Gasteiger partial charge in [-0.25, -0.2) is 0 Å². The minimum atomic E-state index is 0.498. The van der Waals surface area contributed by atoms with Gasteiger partial charge >= 0.3 is 0 Å². The number of ether oxygens (including phenoxy) is 1. The summed E-state index contributed by atoms with van der Waals surface area (Å²) < 4.78 is 5.39. The molecule has 118 valence electrons. The molecule has 21 heavy (non-hydrogen) atoms. The largest absolute Gasteiger partial charge is 0.496 e. The summed E-state index contributed by atoms with van der Waals surface area (Å²) in [5.41, 5.74) is 2.66. The molecular weight excluding hydrogens is 258 g/mol. The highest BCUT2D eigenvalue weighted by Gasteiger charge is 2.27. The van der Waals surface area contributed by atoms with Crippen molar-refractivity contribution < 1.29 is 4.74 Å². The molecule has 1 aliphatic rings. The molecule has 0 saturated heterocycles. The molecule has 0 spiro atoms. The molecule has 1 unspecified atom stereocenters. The van der Waals surface area contributed by atoms with Crippen molar-refractivity contribution in [2.24, 2.45) is 11.8 Å². The zero-order chi connectivity index (χ0) is 15.2. The van der Waals surface area contributed by atoms with E-state index in [1.54, 1.807) is 7.11 Å². The van der Waals surface area contributed by atoms with Crippen LogP contribution in [-0.2, 0) is 0 Å². The molecule has 1 N–H and O–H groups in total. The third-order valence-corrected chi connectivity index (χ3v) is 5.14. The van der Waals surface area contributed by atoms with Gasteiger partial charge in [0, 0.05) is 6.04 Å². The minimum absolute atomic E-state index is 0.498. The maximum absolute atomic E-state index is 5.39. The van der Waals surface area contributed by atoms with E-state index in [0.717, 1.165) is 24.1 Å². The number of hydrogen-bond donors (Lipinski definition) is 1. The monoisotopic (exact) mass is 289 g/mol. The maximum atomic E-state index is 5.39. The highest BCUT2D eigenvalue weighted by atomic mass is 16.5. The van der Waals surface area contributed by atoms with Crippen LogP contribution in [0.3, 0.4) is 0 Å². The van der Waals surface area contributed by atoms with Crippen molar-refractivity contribution in [3.8, 4) is 5.75 Å². The second-order valence-electron chi connectivity index (χ2n) is 6.45. The van der Waals surface area contributed by atoms with Gasteiger partial charge in [-0.2, -0.15) is 0 Å². The van der Waals surface area contributed by atoms with E-state index in [4.69, 9.17) is 4.74 Å². The molecular formula is C19H31NO. The number of benzene rings is 1. The van der Waals surface area contributed by atoms with Gasteiger partial charge in [-0.05, 0) is 55.3 Å². The van der Waals surface area contributed by atoms with Crippen LogP contribution in [0.15, 0.2) is 18.2 Å². The summed E-state index contributed by atoms with van der Waals surface area (Å²) in [7, 11) is 1.75. The molecule has 0 aliphatic heterocycles. The summed E-state index contributed by atoms with van der Waals surface area (Å²) in [6.07, 6.45) is 6.87. The Balaban J connectivity index is 2.13. The minimum Gasteiger partial charge on any atom is -0.496 e. The Hall–Kier alpha value is -1.02. The molecule has 0 amide bonds. The molecule has 1 aromatic rings. The van der Waals surface area contributed by atoms with Crippen LogP contribution >= 0.6 is 0 Å². The van der Waals surface area contributed by atoms with E-state index in [1.807, 2.05) is 0 Å². The van der Waals surface area contributed by atoms with Crippen LogP contribution in [0.5, 0.6) is 5.75 Å². The Bertz CT molecular complexity index is 435. The smallest absolute Gasteiger partial charge is 0.121 e. The average Bonchev–Trinajstić information content (AvgIpc) is 2.52. The lowest BCUT2D eigenvalue weighted by atomic mass is 9.76. The molecule has 0 heterocycles. The van der Waals surface area contributed by atoms with Crippen molar-refractivity contribution in [3.63, 3.8) is 0 Å². The fourth-order valence-corrected chi connectivity index (χ4v) is 3.80. The van der Waals surface area contributed by atoms with Crippen LogP contribution in [0.1, 0.15) is 63.1 Å². The summed E-state index contributed by atoms with van der Waals surface area (Å²) >= 11 is 0. The highest BCUT2D eigenvalue weighted by molar-refractivity contribution is 5.37. The van der Waals surface area contributed by atoms with Crippen LogP contribution < -0.4 is 10.1 Å². The molecule has 0 aromatic heterocycles. The molecule has 2 nitrogen and oxygen atoms in total. The van der Waals surface area contributed by atoms with Gasteiger partial charge in [-0.3, -0.25) is 0 Å². The van der Waals surface area contributed by atoms with E-state index in [-0.39, 0.29) is 0 Å². The standard InChI is InChI=1S/C19H31NO/c1-5-15-7-9-16(10-8-15)19(20-6-2)17-11-12-18(21-4)14(3)13-17/h11-13,15-16,19-20H,5-10H2,1-4H3. The van der Waals surface area contributed by atoms with E-state index in [1.165, 1.54) is 43.2 Å². The predicted molar refractivity (Wildman–Crippen MR) is 89.9 cm³/mol. The van der Waals surface area contributed by atoms with E-state index in [0.29, 0.717) is 6.04 Å². The van der Waals surface area contributed by atoms with E-state index >= 15 is 0 Å². The van der Waals surface area contributed by atoms with Crippen LogP contribution in [-0.4, -0.2) is 13.7 Å². The second-order valence-corrected chi connectivity index (χ2v) is 6.45. The van der Waals surface area contributed by atoms with Crippen molar-refractivity contribution in [3.05, 3.63) is 29.3 Å². The molecule has 0 radical (unpaired) electrons. The third-order valence-electron chi connectivity index (χ3n) is 5.14. The quantitative estimate of drug-likeness (QED) is 0.806. The van der Waals surface area contributed by atoms with Crippen molar-refractivity contribution in [1.82, 2.24) is 5.32 Å². The van der Waals surface area contributed by atoms with E-state index in [2.05, 4.69) is 44.3 Å². The first-order valence-electron chi connectivity index (χ1n) is 8.57. The summed E-state index contributed by atoms with van der Waals surface area (Å²) in [6.45, 7) is 7.71. The van der Waals surface area contributed by atoms with Gasteiger partial charge < -0.3 is 10.1 Å². The van der Waals surface area contributed by atoms with Crippen molar-refractivity contribution in [1.29, 1.82) is 0 Å². The van der Waals surface area contributed by atoms with E-state index < -0.39 is 0 Å². The number of methoxy groups -OCH3 is 1. The lowest BCUT2D eigenvalue weighted by molar-refractivity contribution is 0.220. The molecule has 1 aliphatic carbocycles. The number of aryl methyl sites for hydroxylation is 1. The van der Waals surface area contributed by atoms with Crippen LogP contribution in [0, 0.1) is 18.8 Å². The van der Waals surface area contributed by atoms with Crippen molar-refractivity contribution >= 4 is 0 Å². The van der Waals surface area contributed by atoms with Crippen molar-refractivity contribution in [2.45, 2.75) is 58.9 Å². The van der Waals surface area contributed by atoms with Gasteiger partial charge in [0.25, 0.3) is 0 Å². The lowest BCUT2D eigenvalue weighted by Gasteiger charge is -2.34. The number of nitrogens with one attached hydrogen (secondary N) is 1. The molecule has 0 bridgehead atoms. The molecule has 1 aromatic carbocycles. The maximum Gasteiger partial charge on any atom is 0.121 e. The van der Waals surface area contributed by atoms with Gasteiger partial charge in [-0.1, -0.05) is 45.2 Å². The molecule has 1 atom stereocenters. The number of hydrogen-bond acceptors (Lipinski definition) is 2. The van der Waals surface area contributed by atoms with Crippen LogP contribution in [0.2, 0.25) is 0 Å². The molecule has 1 fully saturated rings. The number of rotatable bonds is 6. The first-order valence-corrected chi connectivity index (χ1v) is 8.57. The predicted octanol–water partition coefficient (Wildman–Crippen LogP) is 4.87. The Morgan fingerprint density at radius 1 is 1.19 bits per heavy atom. The Kier molecular flexibility index (Phi) is 6.10. The topological polar surface area (TPSA) is 21.3 Å². The lowest BCUT2D eigenvalue weighted by Crippen LogP contribution is -2.31. The van der Waals surface area contributed by atoms with Gasteiger partial charge in [0.2, 0.25) is 0 Å². The van der Waals surface area contributed by atoms with Gasteiger partial charge in [0.15, 0.2) is 0 Å². The van der Waals surface area contributed by atoms with Gasteiger partial charge in [0.05, 0.1) is 7.11 Å². The Labute approximate surface area is 130 Å². The molecule has 1 saturated carbocycles. The van der Waals surface area contributed by atoms with Gasteiger partial charge in [0.1, 0.15) is 5.75 Å². The molecule has 2 heteroatoms. The zero-order valence-corrected chi connectivity index (χ0v) is 14.1. The first kappa shape index (κ1) is 16.4. The van der Waals surface area contributed by atoms with E-state index in [9.17, 15) is 0 Å². The summed E-state index contributed by atoms with van der Waals surface area (Å²) in [5.74, 6) is 2.73. The average molecular weight is 289 g/mol. The second kappa shape index (κ2) is 7.84. The summed E-state index contributed by atoms with van der Waals surface area (Å²) in [5, 5.41) is 3.73. The first-order chi connectivity index (χ1) is 10.2. The third kappa shape index (κ3) is 4.00. The van der Waals surface area contributed by atoms with Crippen molar-refractivity contribution in [2.75, 3.05) is 13.7 Å². The Morgan fingerprint density at radius 3 is 2.43 bits per heavy atom. The Morgan fingerprint density at radius 2 is 1.90 bits per heavy atom. The van der Waals surface area contributed by atoms with Crippen LogP contribution in [0.4, 0.5) is 0 Å². The van der Waals surface area contributed by atoms with Crippen LogP contribution in [0.25, 0.3) is 0 Å².